The first-order valence-corrected chi connectivity index (χ1v) is 7.92. The standard InChI is InChI=1S/C19H23N3O2/c1-13-9-10-17(14(2)11-13)21-19(24)22-18(23)12-20-15(3)16-7-5-4-6-8-16/h4-11,15,20H,12H2,1-3H3,(H2,21,22,23,24)/t15-/m1/s1. The van der Waals surface area contributed by atoms with Crippen LogP contribution >= 0.6 is 0 Å². The fourth-order valence-electron chi connectivity index (χ4n) is 2.38. The average molecular weight is 325 g/mol. The molecule has 0 aliphatic carbocycles. The third-order valence-corrected chi connectivity index (χ3v) is 3.75. The van der Waals surface area contributed by atoms with Crippen molar-refractivity contribution in [2.75, 3.05) is 11.9 Å². The van der Waals surface area contributed by atoms with Gasteiger partial charge >= 0.3 is 6.03 Å². The van der Waals surface area contributed by atoms with Gasteiger partial charge in [0.25, 0.3) is 0 Å². The van der Waals surface area contributed by atoms with Crippen LogP contribution in [0.15, 0.2) is 48.5 Å². The van der Waals surface area contributed by atoms with Crippen molar-refractivity contribution in [3.8, 4) is 0 Å². The second-order valence-electron chi connectivity index (χ2n) is 5.83. The van der Waals surface area contributed by atoms with Gasteiger partial charge in [-0.15, -0.1) is 0 Å². The van der Waals surface area contributed by atoms with Crippen LogP contribution < -0.4 is 16.0 Å². The van der Waals surface area contributed by atoms with Crippen LogP contribution in [0.2, 0.25) is 0 Å². The summed E-state index contributed by atoms with van der Waals surface area (Å²) >= 11 is 0. The van der Waals surface area contributed by atoms with Crippen LogP contribution in [0.5, 0.6) is 0 Å². The topological polar surface area (TPSA) is 70.2 Å². The molecule has 0 aliphatic heterocycles. The van der Waals surface area contributed by atoms with Crippen molar-refractivity contribution in [1.29, 1.82) is 0 Å². The monoisotopic (exact) mass is 325 g/mol. The zero-order chi connectivity index (χ0) is 17.5. The molecule has 0 saturated carbocycles. The Balaban J connectivity index is 1.80. The Labute approximate surface area is 142 Å². The fourth-order valence-corrected chi connectivity index (χ4v) is 2.38. The van der Waals surface area contributed by atoms with E-state index in [4.69, 9.17) is 0 Å². The van der Waals surface area contributed by atoms with Crippen LogP contribution in [0, 0.1) is 13.8 Å². The molecular formula is C19H23N3O2. The van der Waals surface area contributed by atoms with Crippen molar-refractivity contribution in [2.24, 2.45) is 0 Å². The number of nitrogens with one attached hydrogen (secondary N) is 3. The van der Waals surface area contributed by atoms with Gasteiger partial charge < -0.3 is 10.6 Å². The number of anilines is 1. The number of rotatable bonds is 5. The Morgan fingerprint density at radius 1 is 1.04 bits per heavy atom. The van der Waals surface area contributed by atoms with Gasteiger partial charge in [0.05, 0.1) is 6.54 Å². The predicted molar refractivity (Wildman–Crippen MR) is 95.9 cm³/mol. The van der Waals surface area contributed by atoms with E-state index in [2.05, 4.69) is 16.0 Å². The molecule has 0 saturated heterocycles. The molecule has 24 heavy (non-hydrogen) atoms. The molecule has 0 aliphatic rings. The number of benzene rings is 2. The minimum Gasteiger partial charge on any atom is -0.307 e. The molecule has 0 aromatic heterocycles. The summed E-state index contributed by atoms with van der Waals surface area (Å²) < 4.78 is 0. The van der Waals surface area contributed by atoms with Crippen LogP contribution in [0.4, 0.5) is 10.5 Å². The quantitative estimate of drug-likeness (QED) is 0.790. The second-order valence-corrected chi connectivity index (χ2v) is 5.83. The van der Waals surface area contributed by atoms with Crippen molar-refractivity contribution in [2.45, 2.75) is 26.8 Å². The van der Waals surface area contributed by atoms with Gasteiger partial charge in [-0.05, 0) is 38.0 Å². The van der Waals surface area contributed by atoms with Crippen molar-refractivity contribution in [3.63, 3.8) is 0 Å². The molecular weight excluding hydrogens is 302 g/mol. The Hall–Kier alpha value is -2.66. The van der Waals surface area contributed by atoms with Gasteiger partial charge in [-0.25, -0.2) is 4.79 Å². The normalized spacial score (nSPS) is 11.6. The van der Waals surface area contributed by atoms with E-state index in [1.54, 1.807) is 0 Å². The Kier molecular flexibility index (Phi) is 6.09. The molecule has 0 heterocycles. The Morgan fingerprint density at radius 3 is 2.42 bits per heavy atom. The second kappa shape index (κ2) is 8.26. The molecule has 2 rings (SSSR count). The SMILES string of the molecule is Cc1ccc(NC(=O)NC(=O)CN[C@H](C)c2ccccc2)c(C)c1. The molecule has 3 amide bonds. The van der Waals surface area contributed by atoms with E-state index in [0.717, 1.165) is 16.7 Å². The number of carbonyl (C=O) groups is 2. The smallest absolute Gasteiger partial charge is 0.307 e. The van der Waals surface area contributed by atoms with Gasteiger partial charge in [-0.1, -0.05) is 48.0 Å². The lowest BCUT2D eigenvalue weighted by Crippen LogP contribution is -2.40. The molecule has 1 atom stereocenters. The van der Waals surface area contributed by atoms with Gasteiger partial charge in [0.15, 0.2) is 0 Å². The predicted octanol–water partition coefficient (Wildman–Crippen LogP) is 3.30. The van der Waals surface area contributed by atoms with Crippen LogP contribution in [0.1, 0.15) is 29.7 Å². The van der Waals surface area contributed by atoms with Crippen LogP contribution in [-0.2, 0) is 4.79 Å². The van der Waals surface area contributed by atoms with Crippen LogP contribution in [-0.4, -0.2) is 18.5 Å². The first-order valence-electron chi connectivity index (χ1n) is 7.92. The zero-order valence-corrected chi connectivity index (χ0v) is 14.2. The maximum atomic E-state index is 11.9. The molecule has 0 spiro atoms. The average Bonchev–Trinajstić information content (AvgIpc) is 2.56. The summed E-state index contributed by atoms with van der Waals surface area (Å²) in [5.74, 6) is -0.375. The first kappa shape index (κ1) is 17.7. The minimum absolute atomic E-state index is 0.0272. The lowest BCUT2D eigenvalue weighted by molar-refractivity contribution is -0.119. The van der Waals surface area contributed by atoms with E-state index < -0.39 is 6.03 Å². The zero-order valence-electron chi connectivity index (χ0n) is 14.2. The lowest BCUT2D eigenvalue weighted by atomic mass is 10.1. The molecule has 2 aromatic carbocycles. The maximum absolute atomic E-state index is 11.9. The number of urea groups is 1. The first-order chi connectivity index (χ1) is 11.5. The summed E-state index contributed by atoms with van der Waals surface area (Å²) in [5, 5.41) is 8.11. The van der Waals surface area contributed by atoms with E-state index >= 15 is 0 Å². The molecule has 0 fully saturated rings. The number of hydrogen-bond acceptors (Lipinski definition) is 3. The number of aryl methyl sites for hydroxylation is 2. The minimum atomic E-state index is -0.527. The van der Waals surface area contributed by atoms with E-state index in [1.165, 1.54) is 0 Å². The molecule has 0 unspecified atom stereocenters. The highest BCUT2D eigenvalue weighted by Gasteiger charge is 2.11. The van der Waals surface area contributed by atoms with Gasteiger partial charge in [0.2, 0.25) is 5.91 Å². The summed E-state index contributed by atoms with van der Waals surface area (Å²) in [5.41, 5.74) is 3.85. The molecule has 0 bridgehead atoms. The Bertz CT molecular complexity index is 714. The van der Waals surface area contributed by atoms with Gasteiger partial charge in [0, 0.05) is 11.7 Å². The molecule has 126 valence electrons. The highest BCUT2D eigenvalue weighted by Crippen LogP contribution is 2.15. The summed E-state index contributed by atoms with van der Waals surface area (Å²) in [6.07, 6.45) is 0. The molecule has 5 nitrogen and oxygen atoms in total. The van der Waals surface area contributed by atoms with Crippen molar-refractivity contribution in [1.82, 2.24) is 10.6 Å². The van der Waals surface area contributed by atoms with Crippen LogP contribution in [0.3, 0.4) is 0 Å². The van der Waals surface area contributed by atoms with Crippen molar-refractivity contribution in [3.05, 3.63) is 65.2 Å². The molecule has 3 N–H and O–H groups in total. The highest BCUT2D eigenvalue weighted by molar-refractivity contribution is 6.02. The van der Waals surface area contributed by atoms with E-state index in [9.17, 15) is 9.59 Å². The van der Waals surface area contributed by atoms with Crippen molar-refractivity contribution < 1.29 is 9.59 Å². The maximum Gasteiger partial charge on any atom is 0.325 e. The van der Waals surface area contributed by atoms with E-state index in [1.807, 2.05) is 69.3 Å². The number of imide groups is 1. The fraction of sp³-hybridized carbons (Fsp3) is 0.263. The summed E-state index contributed by atoms with van der Waals surface area (Å²) in [6.45, 7) is 5.93. The van der Waals surface area contributed by atoms with Crippen molar-refractivity contribution >= 4 is 17.6 Å². The highest BCUT2D eigenvalue weighted by atomic mass is 16.2. The summed E-state index contributed by atoms with van der Waals surface area (Å²) in [6, 6.07) is 15.0. The van der Waals surface area contributed by atoms with E-state index in [-0.39, 0.29) is 18.5 Å². The molecule has 0 radical (unpaired) electrons. The summed E-state index contributed by atoms with van der Waals surface area (Å²) in [7, 11) is 0. The molecule has 5 heteroatoms. The third kappa shape index (κ3) is 5.21. The Morgan fingerprint density at radius 2 is 1.75 bits per heavy atom. The number of carbonyl (C=O) groups excluding carboxylic acids is 2. The third-order valence-electron chi connectivity index (χ3n) is 3.75. The van der Waals surface area contributed by atoms with Gasteiger partial charge in [0.1, 0.15) is 0 Å². The number of amides is 3. The van der Waals surface area contributed by atoms with Gasteiger partial charge in [-0.3, -0.25) is 10.1 Å². The molecule has 2 aromatic rings. The largest absolute Gasteiger partial charge is 0.325 e. The van der Waals surface area contributed by atoms with Crippen LogP contribution in [0.25, 0.3) is 0 Å². The van der Waals surface area contributed by atoms with E-state index in [0.29, 0.717) is 5.69 Å². The van der Waals surface area contributed by atoms with Gasteiger partial charge in [-0.2, -0.15) is 0 Å². The summed E-state index contributed by atoms with van der Waals surface area (Å²) in [4.78, 5) is 23.8. The number of hydrogen-bond donors (Lipinski definition) is 3. The lowest BCUT2D eigenvalue weighted by Gasteiger charge is -2.14.